The van der Waals surface area contributed by atoms with E-state index in [2.05, 4.69) is 0 Å². The Morgan fingerprint density at radius 2 is 2.00 bits per heavy atom. The van der Waals surface area contributed by atoms with E-state index in [0.717, 1.165) is 17.0 Å². The van der Waals surface area contributed by atoms with Gasteiger partial charge in [-0.2, -0.15) is 18.4 Å². The van der Waals surface area contributed by atoms with Crippen LogP contribution in [0.1, 0.15) is 29.8 Å². The lowest BCUT2D eigenvalue weighted by Gasteiger charge is -2.24. The Bertz CT molecular complexity index is 546. The highest BCUT2D eigenvalue weighted by molar-refractivity contribution is 5.95. The third kappa shape index (κ3) is 3.26. The van der Waals surface area contributed by atoms with Gasteiger partial charge in [0.25, 0.3) is 5.91 Å². The van der Waals surface area contributed by atoms with Gasteiger partial charge in [-0.05, 0) is 26.0 Å². The van der Waals surface area contributed by atoms with Crippen molar-refractivity contribution in [2.24, 2.45) is 0 Å². The van der Waals surface area contributed by atoms with Gasteiger partial charge in [0.15, 0.2) is 0 Å². The second kappa shape index (κ2) is 5.90. The molecule has 0 N–H and O–H groups in total. The number of rotatable bonds is 3. The van der Waals surface area contributed by atoms with Crippen molar-refractivity contribution >= 4 is 5.91 Å². The summed E-state index contributed by atoms with van der Waals surface area (Å²) in [6.45, 7) is 2.84. The molecule has 1 amide bonds. The van der Waals surface area contributed by atoms with Gasteiger partial charge >= 0.3 is 6.18 Å². The van der Waals surface area contributed by atoms with Gasteiger partial charge in [0.05, 0.1) is 17.2 Å². The fourth-order valence-corrected chi connectivity index (χ4v) is 1.64. The zero-order valence-corrected chi connectivity index (χ0v) is 10.8. The van der Waals surface area contributed by atoms with Crippen LogP contribution in [0, 0.1) is 17.1 Å². The average molecular weight is 288 g/mol. The molecule has 0 radical (unpaired) electrons. The third-order valence-electron chi connectivity index (χ3n) is 2.66. The van der Waals surface area contributed by atoms with E-state index in [0.29, 0.717) is 6.07 Å². The van der Waals surface area contributed by atoms with E-state index in [1.807, 2.05) is 0 Å². The lowest BCUT2D eigenvalue weighted by molar-refractivity contribution is -0.140. The van der Waals surface area contributed by atoms with E-state index in [4.69, 9.17) is 5.26 Å². The third-order valence-corrected chi connectivity index (χ3v) is 2.66. The molecule has 3 nitrogen and oxygen atoms in total. The van der Waals surface area contributed by atoms with Crippen LogP contribution in [0.3, 0.4) is 0 Å². The highest BCUT2D eigenvalue weighted by atomic mass is 19.4. The largest absolute Gasteiger partial charge is 0.419 e. The second-order valence-corrected chi connectivity index (χ2v) is 4.35. The van der Waals surface area contributed by atoms with Crippen LogP contribution in [0.25, 0.3) is 0 Å². The summed E-state index contributed by atoms with van der Waals surface area (Å²) in [5.74, 6) is -2.56. The molecule has 0 aliphatic rings. The highest BCUT2D eigenvalue weighted by Crippen LogP contribution is 2.32. The predicted molar refractivity (Wildman–Crippen MR) is 63.2 cm³/mol. The number of halogens is 4. The van der Waals surface area contributed by atoms with Crippen LogP contribution >= 0.6 is 0 Å². The first kappa shape index (κ1) is 16.0. The molecule has 108 valence electrons. The Balaban J connectivity index is 3.27. The Morgan fingerprint density at radius 3 is 2.45 bits per heavy atom. The van der Waals surface area contributed by atoms with Gasteiger partial charge in [-0.25, -0.2) is 4.39 Å². The molecule has 0 spiro atoms. The maximum atomic E-state index is 13.8. The van der Waals surface area contributed by atoms with Crippen LogP contribution < -0.4 is 0 Å². The summed E-state index contributed by atoms with van der Waals surface area (Å²) in [4.78, 5) is 13.0. The summed E-state index contributed by atoms with van der Waals surface area (Å²) >= 11 is 0. The number of benzene rings is 1. The van der Waals surface area contributed by atoms with Crippen molar-refractivity contribution in [1.29, 1.82) is 5.26 Å². The van der Waals surface area contributed by atoms with Crippen LogP contribution in [0.2, 0.25) is 0 Å². The SMILES string of the molecule is CC(C)N(CC#N)C(=O)c1cccc(C(F)(F)F)c1F. The van der Waals surface area contributed by atoms with Gasteiger partial charge < -0.3 is 4.90 Å². The minimum atomic E-state index is -4.88. The van der Waals surface area contributed by atoms with Gasteiger partial charge in [0.1, 0.15) is 12.4 Å². The number of nitriles is 1. The van der Waals surface area contributed by atoms with Crippen LogP contribution in [0.5, 0.6) is 0 Å². The maximum absolute atomic E-state index is 13.8. The van der Waals surface area contributed by atoms with Crippen LogP contribution in [0.4, 0.5) is 17.6 Å². The number of amides is 1. The van der Waals surface area contributed by atoms with Gasteiger partial charge in [0.2, 0.25) is 0 Å². The second-order valence-electron chi connectivity index (χ2n) is 4.35. The van der Waals surface area contributed by atoms with Crippen molar-refractivity contribution in [3.8, 4) is 6.07 Å². The molecular weight excluding hydrogens is 276 g/mol. The fraction of sp³-hybridized carbons (Fsp3) is 0.385. The van der Waals surface area contributed by atoms with E-state index < -0.39 is 35.1 Å². The van der Waals surface area contributed by atoms with E-state index >= 15 is 0 Å². The number of hydrogen-bond acceptors (Lipinski definition) is 2. The average Bonchev–Trinajstić information content (AvgIpc) is 2.33. The molecule has 0 aliphatic carbocycles. The molecule has 0 aromatic heterocycles. The summed E-state index contributed by atoms with van der Waals surface area (Å²) in [5, 5.41) is 8.62. The fourth-order valence-electron chi connectivity index (χ4n) is 1.64. The molecule has 0 saturated heterocycles. The molecular formula is C13H12F4N2O. The molecule has 1 aromatic carbocycles. The molecule has 0 heterocycles. The van der Waals surface area contributed by atoms with Crippen molar-refractivity contribution in [1.82, 2.24) is 4.90 Å². The first-order valence-electron chi connectivity index (χ1n) is 5.73. The Labute approximate surface area is 113 Å². The summed E-state index contributed by atoms with van der Waals surface area (Å²) in [5.41, 5.74) is -2.19. The van der Waals surface area contributed by atoms with E-state index in [1.54, 1.807) is 19.9 Å². The van der Waals surface area contributed by atoms with Gasteiger partial charge in [-0.3, -0.25) is 4.79 Å². The standard InChI is InChI=1S/C13H12F4N2O/c1-8(2)19(7-6-18)12(20)9-4-3-5-10(11(9)14)13(15,16)17/h3-5,8H,7H2,1-2H3. The highest BCUT2D eigenvalue weighted by Gasteiger charge is 2.36. The molecule has 0 unspecified atom stereocenters. The molecule has 0 bridgehead atoms. The predicted octanol–water partition coefficient (Wildman–Crippen LogP) is 3.22. The number of alkyl halides is 3. The van der Waals surface area contributed by atoms with Crippen LogP contribution in [0.15, 0.2) is 18.2 Å². The van der Waals surface area contributed by atoms with Crippen molar-refractivity contribution in [3.05, 3.63) is 35.1 Å². The van der Waals surface area contributed by atoms with Gasteiger partial charge in [-0.1, -0.05) is 6.07 Å². The molecule has 20 heavy (non-hydrogen) atoms. The van der Waals surface area contributed by atoms with Crippen molar-refractivity contribution in [2.75, 3.05) is 6.54 Å². The Kier molecular flexibility index (Phi) is 4.71. The normalized spacial score (nSPS) is 11.3. The number of hydrogen-bond donors (Lipinski definition) is 0. The van der Waals surface area contributed by atoms with Crippen molar-refractivity contribution in [2.45, 2.75) is 26.1 Å². The topological polar surface area (TPSA) is 44.1 Å². The quantitative estimate of drug-likeness (QED) is 0.633. The van der Waals surface area contributed by atoms with Crippen LogP contribution in [-0.2, 0) is 6.18 Å². The zero-order chi connectivity index (χ0) is 15.5. The molecule has 1 rings (SSSR count). The minimum Gasteiger partial charge on any atom is -0.323 e. The van der Waals surface area contributed by atoms with E-state index in [9.17, 15) is 22.4 Å². The molecule has 0 saturated carbocycles. The lowest BCUT2D eigenvalue weighted by Crippen LogP contribution is -2.38. The first-order chi connectivity index (χ1) is 9.20. The molecule has 1 aromatic rings. The van der Waals surface area contributed by atoms with E-state index in [-0.39, 0.29) is 6.54 Å². The van der Waals surface area contributed by atoms with Gasteiger partial charge in [0, 0.05) is 6.04 Å². The van der Waals surface area contributed by atoms with Gasteiger partial charge in [-0.15, -0.1) is 0 Å². The zero-order valence-electron chi connectivity index (χ0n) is 10.8. The van der Waals surface area contributed by atoms with Crippen molar-refractivity contribution < 1.29 is 22.4 Å². The number of carbonyl (C=O) groups excluding carboxylic acids is 1. The summed E-state index contributed by atoms with van der Waals surface area (Å²) in [6, 6.07) is 3.79. The summed E-state index contributed by atoms with van der Waals surface area (Å²) < 4.78 is 51.6. The number of nitrogens with zero attached hydrogens (tertiary/aromatic N) is 2. The molecule has 0 aliphatic heterocycles. The van der Waals surface area contributed by atoms with Crippen molar-refractivity contribution in [3.63, 3.8) is 0 Å². The lowest BCUT2D eigenvalue weighted by atomic mass is 10.1. The smallest absolute Gasteiger partial charge is 0.323 e. The molecule has 0 fully saturated rings. The Morgan fingerprint density at radius 1 is 1.40 bits per heavy atom. The molecule has 7 heteroatoms. The minimum absolute atomic E-state index is 0.327. The summed E-state index contributed by atoms with van der Waals surface area (Å²) in [7, 11) is 0. The number of carbonyl (C=O) groups is 1. The monoisotopic (exact) mass is 288 g/mol. The van der Waals surface area contributed by atoms with Crippen LogP contribution in [-0.4, -0.2) is 23.4 Å². The summed E-state index contributed by atoms with van der Waals surface area (Å²) in [6.07, 6.45) is -4.88. The molecule has 0 atom stereocenters. The Hall–Kier alpha value is -2.10. The first-order valence-corrected chi connectivity index (χ1v) is 5.73. The van der Waals surface area contributed by atoms with E-state index in [1.165, 1.54) is 0 Å². The maximum Gasteiger partial charge on any atom is 0.419 e.